The third-order valence-electron chi connectivity index (χ3n) is 9.86. The number of hydrogen-bond acceptors (Lipinski definition) is 3. The summed E-state index contributed by atoms with van der Waals surface area (Å²) in [5.74, 6) is 0. The molecule has 3 heteroatoms. The van der Waals surface area contributed by atoms with Gasteiger partial charge in [0.1, 0.15) is 22.3 Å². The maximum Gasteiger partial charge on any atom is 0.145 e. The van der Waals surface area contributed by atoms with E-state index in [-0.39, 0.29) is 0 Å². The van der Waals surface area contributed by atoms with Gasteiger partial charge in [-0.15, -0.1) is 0 Å². The molecule has 0 amide bonds. The van der Waals surface area contributed by atoms with Crippen LogP contribution in [-0.2, 0) is 0 Å². The van der Waals surface area contributed by atoms with E-state index in [2.05, 4.69) is 175 Å². The van der Waals surface area contributed by atoms with E-state index < -0.39 is 0 Å². The molecule has 0 spiro atoms. The van der Waals surface area contributed by atoms with Gasteiger partial charge in [-0.2, -0.15) is 0 Å². The standard InChI is InChI=1S/C48H31NO2/c1-4-13-32(14-5-1)35-19-12-20-37(29-35)49(38-24-28-45-42(31-38)40-25-23-36(30-46(40)50-45)33-15-6-2-7-16-33)43-27-26-39(34-17-8-3-9-18-34)48-47(43)41-21-10-11-22-44(41)51-48/h1-31H. The van der Waals surface area contributed by atoms with E-state index in [1.54, 1.807) is 0 Å². The van der Waals surface area contributed by atoms with E-state index in [1.807, 2.05) is 18.2 Å². The highest BCUT2D eigenvalue weighted by Crippen LogP contribution is 2.47. The summed E-state index contributed by atoms with van der Waals surface area (Å²) in [5, 5.41) is 4.30. The zero-order valence-corrected chi connectivity index (χ0v) is 27.7. The number of rotatable bonds is 6. The average molecular weight is 654 g/mol. The summed E-state index contributed by atoms with van der Waals surface area (Å²) in [5.41, 5.74) is 13.4. The SMILES string of the molecule is c1ccc(-c2cccc(N(c3ccc4oc5cc(-c6ccccc6)ccc5c4c3)c3ccc(-c4ccccc4)c4oc5ccccc5c34)c2)cc1. The quantitative estimate of drug-likeness (QED) is 0.179. The van der Waals surface area contributed by atoms with Gasteiger partial charge in [0.25, 0.3) is 0 Å². The van der Waals surface area contributed by atoms with Crippen molar-refractivity contribution in [1.29, 1.82) is 0 Å². The van der Waals surface area contributed by atoms with E-state index >= 15 is 0 Å². The molecule has 10 rings (SSSR count). The number of anilines is 3. The minimum Gasteiger partial charge on any atom is -0.456 e. The zero-order valence-electron chi connectivity index (χ0n) is 27.7. The molecule has 2 aromatic heterocycles. The van der Waals surface area contributed by atoms with Crippen molar-refractivity contribution < 1.29 is 8.83 Å². The van der Waals surface area contributed by atoms with Crippen LogP contribution in [-0.4, -0.2) is 0 Å². The molecule has 0 atom stereocenters. The normalized spacial score (nSPS) is 11.5. The number of para-hydroxylation sites is 1. The maximum absolute atomic E-state index is 6.72. The Kier molecular flexibility index (Phi) is 6.81. The predicted octanol–water partition coefficient (Wildman–Crippen LogP) is 14.0. The molecule has 8 aromatic carbocycles. The zero-order chi connectivity index (χ0) is 33.7. The summed E-state index contributed by atoms with van der Waals surface area (Å²) >= 11 is 0. The van der Waals surface area contributed by atoms with Crippen molar-refractivity contribution in [2.24, 2.45) is 0 Å². The molecular formula is C48H31NO2. The molecule has 0 N–H and O–H groups in total. The number of benzene rings is 8. The molecule has 240 valence electrons. The molecule has 3 nitrogen and oxygen atoms in total. The van der Waals surface area contributed by atoms with Crippen molar-refractivity contribution in [1.82, 2.24) is 0 Å². The first kappa shape index (κ1) is 29.1. The van der Waals surface area contributed by atoms with E-state index in [4.69, 9.17) is 8.83 Å². The van der Waals surface area contributed by atoms with Crippen LogP contribution >= 0.6 is 0 Å². The molecule has 0 aliphatic rings. The van der Waals surface area contributed by atoms with Crippen LogP contribution in [0.3, 0.4) is 0 Å². The van der Waals surface area contributed by atoms with Gasteiger partial charge in [-0.25, -0.2) is 0 Å². The Bertz CT molecular complexity index is 2850. The van der Waals surface area contributed by atoms with Gasteiger partial charge >= 0.3 is 0 Å². The Morgan fingerprint density at radius 3 is 1.73 bits per heavy atom. The van der Waals surface area contributed by atoms with Crippen molar-refractivity contribution in [3.05, 3.63) is 188 Å². The van der Waals surface area contributed by atoms with Crippen molar-refractivity contribution in [2.75, 3.05) is 4.90 Å². The summed E-state index contributed by atoms with van der Waals surface area (Å²) in [4.78, 5) is 2.36. The first-order valence-electron chi connectivity index (χ1n) is 17.3. The van der Waals surface area contributed by atoms with Gasteiger partial charge in [-0.05, 0) is 88.5 Å². The van der Waals surface area contributed by atoms with Crippen molar-refractivity contribution in [3.63, 3.8) is 0 Å². The third-order valence-corrected chi connectivity index (χ3v) is 9.86. The van der Waals surface area contributed by atoms with Crippen LogP contribution in [0.5, 0.6) is 0 Å². The lowest BCUT2D eigenvalue weighted by molar-refractivity contribution is 0.669. The second-order valence-electron chi connectivity index (χ2n) is 12.9. The summed E-state index contributed by atoms with van der Waals surface area (Å²) in [6.07, 6.45) is 0. The Morgan fingerprint density at radius 1 is 0.333 bits per heavy atom. The fourth-order valence-corrected chi connectivity index (χ4v) is 7.44. The van der Waals surface area contributed by atoms with E-state index in [0.29, 0.717) is 0 Å². The third kappa shape index (κ3) is 4.98. The Morgan fingerprint density at radius 2 is 0.961 bits per heavy atom. The van der Waals surface area contributed by atoms with Gasteiger partial charge in [0.05, 0.1) is 11.1 Å². The minimum atomic E-state index is 0.857. The summed E-state index contributed by atoms with van der Waals surface area (Å²) in [7, 11) is 0. The molecule has 0 unspecified atom stereocenters. The smallest absolute Gasteiger partial charge is 0.145 e. The number of hydrogen-bond donors (Lipinski definition) is 0. The lowest BCUT2D eigenvalue weighted by atomic mass is 9.99. The first-order chi connectivity index (χ1) is 25.3. The van der Waals surface area contributed by atoms with Crippen molar-refractivity contribution in [3.8, 4) is 33.4 Å². The van der Waals surface area contributed by atoms with Gasteiger partial charge in [-0.1, -0.05) is 127 Å². The molecule has 0 bridgehead atoms. The van der Waals surface area contributed by atoms with Crippen LogP contribution in [0.4, 0.5) is 17.1 Å². The van der Waals surface area contributed by atoms with Gasteiger partial charge in [0.15, 0.2) is 0 Å². The molecular weight excluding hydrogens is 623 g/mol. The summed E-state index contributed by atoms with van der Waals surface area (Å²) in [6, 6.07) is 66.1. The van der Waals surface area contributed by atoms with Crippen molar-refractivity contribution in [2.45, 2.75) is 0 Å². The van der Waals surface area contributed by atoms with Crippen LogP contribution < -0.4 is 4.90 Å². The Labute approximate surface area is 295 Å². The first-order valence-corrected chi connectivity index (χ1v) is 17.3. The van der Waals surface area contributed by atoms with Gasteiger partial charge < -0.3 is 13.7 Å². The number of furan rings is 2. The molecule has 10 aromatic rings. The second kappa shape index (κ2) is 11.9. The Balaban J connectivity index is 1.22. The fourth-order valence-electron chi connectivity index (χ4n) is 7.44. The Hall–Kier alpha value is -6.84. The van der Waals surface area contributed by atoms with E-state index in [0.717, 1.165) is 83.2 Å². The van der Waals surface area contributed by atoms with E-state index in [9.17, 15) is 0 Å². The van der Waals surface area contributed by atoms with E-state index in [1.165, 1.54) is 11.1 Å². The van der Waals surface area contributed by atoms with Gasteiger partial charge in [0, 0.05) is 33.1 Å². The highest BCUT2D eigenvalue weighted by Gasteiger charge is 2.23. The molecule has 51 heavy (non-hydrogen) atoms. The molecule has 0 saturated heterocycles. The number of fused-ring (bicyclic) bond motifs is 6. The summed E-state index contributed by atoms with van der Waals surface area (Å²) in [6.45, 7) is 0. The van der Waals surface area contributed by atoms with Crippen LogP contribution in [0, 0.1) is 0 Å². The maximum atomic E-state index is 6.72. The molecule has 0 fully saturated rings. The lowest BCUT2D eigenvalue weighted by Crippen LogP contribution is -2.10. The topological polar surface area (TPSA) is 29.5 Å². The molecule has 0 aliphatic carbocycles. The minimum absolute atomic E-state index is 0.857. The fraction of sp³-hybridized carbons (Fsp3) is 0. The summed E-state index contributed by atoms with van der Waals surface area (Å²) < 4.78 is 13.2. The predicted molar refractivity (Wildman–Crippen MR) is 212 cm³/mol. The molecule has 0 saturated carbocycles. The highest BCUT2D eigenvalue weighted by molar-refractivity contribution is 6.17. The van der Waals surface area contributed by atoms with Gasteiger partial charge in [0.2, 0.25) is 0 Å². The van der Waals surface area contributed by atoms with Crippen LogP contribution in [0.2, 0.25) is 0 Å². The molecule has 0 aliphatic heterocycles. The highest BCUT2D eigenvalue weighted by atomic mass is 16.3. The second-order valence-corrected chi connectivity index (χ2v) is 12.9. The number of nitrogens with zero attached hydrogens (tertiary/aromatic N) is 1. The van der Waals surface area contributed by atoms with Crippen LogP contribution in [0.15, 0.2) is 197 Å². The largest absolute Gasteiger partial charge is 0.456 e. The van der Waals surface area contributed by atoms with Crippen LogP contribution in [0.25, 0.3) is 77.3 Å². The molecule has 0 radical (unpaired) electrons. The average Bonchev–Trinajstić information content (AvgIpc) is 3.78. The molecule has 2 heterocycles. The van der Waals surface area contributed by atoms with Gasteiger partial charge in [-0.3, -0.25) is 0 Å². The van der Waals surface area contributed by atoms with Crippen molar-refractivity contribution >= 4 is 60.9 Å². The van der Waals surface area contributed by atoms with Crippen LogP contribution in [0.1, 0.15) is 0 Å². The lowest BCUT2D eigenvalue weighted by Gasteiger charge is -2.27. The monoisotopic (exact) mass is 653 g/mol.